The van der Waals surface area contributed by atoms with Crippen molar-refractivity contribution in [1.29, 1.82) is 0 Å². The Hall–Kier alpha value is -2.88. The second-order valence-electron chi connectivity index (χ2n) is 9.51. The summed E-state index contributed by atoms with van der Waals surface area (Å²) in [5.74, 6) is -1.97. The van der Waals surface area contributed by atoms with Gasteiger partial charge in [-0.15, -0.1) is 0 Å². The lowest BCUT2D eigenvalue weighted by atomic mass is 10.1. The Labute approximate surface area is 229 Å². The predicted molar refractivity (Wildman–Crippen MR) is 140 cm³/mol. The molecule has 3 heterocycles. The molecular formula is C22H29BrF3N7O4S. The summed E-state index contributed by atoms with van der Waals surface area (Å²) in [6, 6.07) is -0.626. The third kappa shape index (κ3) is 7.82. The van der Waals surface area contributed by atoms with Crippen LogP contribution in [0.2, 0.25) is 0 Å². The van der Waals surface area contributed by atoms with Crippen LogP contribution in [0.25, 0.3) is 0 Å². The molecule has 1 atom stereocenters. The third-order valence-electron chi connectivity index (χ3n) is 5.41. The number of amides is 3. The van der Waals surface area contributed by atoms with Crippen molar-refractivity contribution in [3.8, 4) is 0 Å². The molecule has 1 aliphatic heterocycles. The van der Waals surface area contributed by atoms with Crippen LogP contribution in [-0.2, 0) is 16.1 Å². The van der Waals surface area contributed by atoms with E-state index in [1.165, 1.54) is 6.20 Å². The maximum absolute atomic E-state index is 13.2. The molecule has 1 unspecified atom stereocenters. The topological polar surface area (TPSA) is 130 Å². The van der Waals surface area contributed by atoms with E-state index >= 15 is 0 Å². The highest BCUT2D eigenvalue weighted by Gasteiger charge is 2.40. The summed E-state index contributed by atoms with van der Waals surface area (Å²) in [5.41, 5.74) is -0.393. The van der Waals surface area contributed by atoms with Crippen molar-refractivity contribution in [1.82, 2.24) is 20.1 Å². The highest BCUT2D eigenvalue weighted by molar-refractivity contribution is 9.11. The number of hydrogen-bond acceptors (Lipinski definition) is 8. The van der Waals surface area contributed by atoms with Crippen LogP contribution in [0.1, 0.15) is 57.4 Å². The van der Waals surface area contributed by atoms with Crippen LogP contribution < -0.4 is 20.9 Å². The molecule has 0 spiro atoms. The molecule has 16 heteroatoms. The van der Waals surface area contributed by atoms with Crippen LogP contribution in [0.3, 0.4) is 0 Å². The zero-order valence-electron chi connectivity index (χ0n) is 21.2. The Morgan fingerprint density at radius 2 is 1.89 bits per heavy atom. The smallest absolute Gasteiger partial charge is 0.444 e. The molecule has 38 heavy (non-hydrogen) atoms. The zero-order chi connectivity index (χ0) is 28.3. The molecule has 11 nitrogen and oxygen atoms in total. The lowest BCUT2D eigenvalue weighted by Crippen LogP contribution is -2.43. The maximum Gasteiger partial charge on any atom is 0.471 e. The fourth-order valence-corrected chi connectivity index (χ4v) is 5.20. The van der Waals surface area contributed by atoms with E-state index in [9.17, 15) is 27.6 Å². The summed E-state index contributed by atoms with van der Waals surface area (Å²) in [4.78, 5) is 42.9. The number of nitrogens with one attached hydrogen (secondary N) is 3. The van der Waals surface area contributed by atoms with Crippen LogP contribution in [0, 0.1) is 0 Å². The fourth-order valence-electron chi connectivity index (χ4n) is 3.86. The van der Waals surface area contributed by atoms with Crippen molar-refractivity contribution in [3.05, 3.63) is 15.8 Å². The van der Waals surface area contributed by atoms with Crippen molar-refractivity contribution in [2.24, 2.45) is 0 Å². The van der Waals surface area contributed by atoms with Gasteiger partial charge in [0.25, 0.3) is 5.91 Å². The van der Waals surface area contributed by atoms with Crippen molar-refractivity contribution in [2.45, 2.75) is 71.3 Å². The Kier molecular flexibility index (Phi) is 9.28. The van der Waals surface area contributed by atoms with Gasteiger partial charge in [0, 0.05) is 25.7 Å². The van der Waals surface area contributed by atoms with Crippen molar-refractivity contribution in [2.75, 3.05) is 28.6 Å². The first kappa shape index (κ1) is 29.7. The average molecular weight is 624 g/mol. The molecule has 3 rings (SSSR count). The molecule has 2 aromatic rings. The molecule has 1 aliphatic rings. The van der Waals surface area contributed by atoms with E-state index in [2.05, 4.69) is 42.0 Å². The van der Waals surface area contributed by atoms with Crippen LogP contribution in [0.15, 0.2) is 10.1 Å². The van der Waals surface area contributed by atoms with Gasteiger partial charge in [0.1, 0.15) is 16.3 Å². The summed E-state index contributed by atoms with van der Waals surface area (Å²) in [5, 5.41) is 11.9. The van der Waals surface area contributed by atoms with Crippen LogP contribution >= 0.6 is 27.3 Å². The second-order valence-corrected chi connectivity index (χ2v) is 11.8. The molecule has 1 fully saturated rings. The van der Waals surface area contributed by atoms with Gasteiger partial charge in [-0.05, 0) is 62.9 Å². The number of hydrogen-bond donors (Lipinski definition) is 3. The molecule has 3 N–H and O–H groups in total. The first-order valence-electron chi connectivity index (χ1n) is 11.8. The van der Waals surface area contributed by atoms with Crippen molar-refractivity contribution >= 4 is 61.7 Å². The van der Waals surface area contributed by atoms with Crippen LogP contribution in [0.5, 0.6) is 0 Å². The van der Waals surface area contributed by atoms with Gasteiger partial charge in [-0.2, -0.15) is 18.3 Å². The lowest BCUT2D eigenvalue weighted by molar-refractivity contribution is -0.174. The number of ether oxygens (including phenoxy) is 1. The minimum Gasteiger partial charge on any atom is -0.444 e. The largest absolute Gasteiger partial charge is 0.471 e. The Bertz CT molecular complexity index is 1180. The van der Waals surface area contributed by atoms with Gasteiger partial charge in [-0.1, -0.05) is 11.3 Å². The van der Waals surface area contributed by atoms with E-state index in [4.69, 9.17) is 4.74 Å². The van der Waals surface area contributed by atoms with Gasteiger partial charge < -0.3 is 20.3 Å². The number of carbonyl (C=O) groups excluding carboxylic acids is 3. The molecule has 210 valence electrons. The van der Waals surface area contributed by atoms with Gasteiger partial charge in [0.2, 0.25) is 0 Å². The number of carbonyl (C=O) groups is 3. The number of nitrogens with zero attached hydrogens (tertiary/aromatic N) is 4. The second kappa shape index (κ2) is 11.9. The SMILES string of the molecule is CCn1ncc(NC(=O)c2nc(Br)sc2NC(=O)OC(C)(C)C)c1N1CCCC(NC(=O)C(F)(F)F)CC1. The third-order valence-corrected chi connectivity index (χ3v) is 6.83. The van der Waals surface area contributed by atoms with Gasteiger partial charge in [0.05, 0.1) is 6.20 Å². The standard InChI is InChI=1S/C22H29BrF3N7O4S/c1-5-33-17(32-9-6-7-12(8-10-32)28-18(35)22(24,25)26)13(11-27-33)29-15(34)14-16(38-19(23)30-14)31-20(36)37-21(2,3)4/h11-12H,5-10H2,1-4H3,(H,28,35)(H,29,34)(H,31,36). The van der Waals surface area contributed by atoms with E-state index in [0.29, 0.717) is 47.9 Å². The van der Waals surface area contributed by atoms with E-state index in [1.54, 1.807) is 25.5 Å². The molecule has 1 saturated heterocycles. The Morgan fingerprint density at radius 3 is 2.53 bits per heavy atom. The molecular weight excluding hydrogens is 595 g/mol. The number of rotatable bonds is 6. The van der Waals surface area contributed by atoms with E-state index < -0.39 is 35.7 Å². The zero-order valence-corrected chi connectivity index (χ0v) is 23.6. The number of aryl methyl sites for hydroxylation is 1. The van der Waals surface area contributed by atoms with Crippen LogP contribution in [-0.4, -0.2) is 63.6 Å². The summed E-state index contributed by atoms with van der Waals surface area (Å²) >= 11 is 4.28. The van der Waals surface area contributed by atoms with Gasteiger partial charge >= 0.3 is 18.2 Å². The predicted octanol–water partition coefficient (Wildman–Crippen LogP) is 4.76. The molecule has 0 aliphatic carbocycles. The van der Waals surface area contributed by atoms with E-state index in [1.807, 2.05) is 11.8 Å². The first-order valence-corrected chi connectivity index (χ1v) is 13.4. The summed E-state index contributed by atoms with van der Waals surface area (Å²) in [7, 11) is 0. The fraction of sp³-hybridized carbons (Fsp3) is 0.591. The molecule has 3 amide bonds. The van der Waals surface area contributed by atoms with Gasteiger partial charge in [-0.25, -0.2) is 14.5 Å². The number of halogens is 4. The normalized spacial score (nSPS) is 16.5. The van der Waals surface area contributed by atoms with Gasteiger partial charge in [0.15, 0.2) is 15.4 Å². The Morgan fingerprint density at radius 1 is 1.18 bits per heavy atom. The number of anilines is 3. The number of aromatic nitrogens is 3. The van der Waals surface area contributed by atoms with Crippen molar-refractivity contribution in [3.63, 3.8) is 0 Å². The molecule has 2 aromatic heterocycles. The van der Waals surface area contributed by atoms with E-state index in [-0.39, 0.29) is 17.1 Å². The highest BCUT2D eigenvalue weighted by Crippen LogP contribution is 2.32. The lowest BCUT2D eigenvalue weighted by Gasteiger charge is -2.25. The minimum atomic E-state index is -4.94. The minimum absolute atomic E-state index is 0.0336. The highest BCUT2D eigenvalue weighted by atomic mass is 79.9. The van der Waals surface area contributed by atoms with Gasteiger partial charge in [-0.3, -0.25) is 14.9 Å². The Balaban J connectivity index is 1.76. The molecule has 0 saturated carbocycles. The number of thiazole rings is 1. The van der Waals surface area contributed by atoms with E-state index in [0.717, 1.165) is 11.3 Å². The quantitative estimate of drug-likeness (QED) is 0.423. The average Bonchev–Trinajstić information content (AvgIpc) is 3.27. The molecule has 0 aromatic carbocycles. The molecule has 0 radical (unpaired) electrons. The summed E-state index contributed by atoms with van der Waals surface area (Å²) in [6.45, 7) is 8.31. The summed E-state index contributed by atoms with van der Waals surface area (Å²) in [6.07, 6.45) is -3.01. The monoisotopic (exact) mass is 623 g/mol. The maximum atomic E-state index is 13.2. The summed E-state index contributed by atoms with van der Waals surface area (Å²) < 4.78 is 45.3. The number of alkyl halides is 3. The van der Waals surface area contributed by atoms with Crippen molar-refractivity contribution < 1.29 is 32.3 Å². The molecule has 0 bridgehead atoms. The van der Waals surface area contributed by atoms with Crippen LogP contribution in [0.4, 0.5) is 34.5 Å². The first-order chi connectivity index (χ1) is 17.7.